The first kappa shape index (κ1) is 17.4. The maximum absolute atomic E-state index is 14.3. The number of benzene rings is 1. The molecular formula is C17H21F2NO3. The summed E-state index contributed by atoms with van der Waals surface area (Å²) >= 11 is 0. The van der Waals surface area contributed by atoms with E-state index in [9.17, 15) is 18.4 Å². The zero-order valence-corrected chi connectivity index (χ0v) is 13.1. The molecule has 0 aromatic heterocycles. The highest BCUT2D eigenvalue weighted by atomic mass is 19.1. The van der Waals surface area contributed by atoms with Crippen LogP contribution in [-0.2, 0) is 15.0 Å². The van der Waals surface area contributed by atoms with Crippen molar-refractivity contribution >= 4 is 11.9 Å². The predicted molar refractivity (Wildman–Crippen MR) is 81.0 cm³/mol. The zero-order chi connectivity index (χ0) is 17.0. The van der Waals surface area contributed by atoms with Gasteiger partial charge in [0.25, 0.3) is 0 Å². The third-order valence-corrected chi connectivity index (χ3v) is 4.58. The van der Waals surface area contributed by atoms with Gasteiger partial charge < -0.3 is 10.0 Å². The van der Waals surface area contributed by atoms with Crippen molar-refractivity contribution in [2.45, 2.75) is 44.4 Å². The highest BCUT2D eigenvalue weighted by Crippen LogP contribution is 2.43. The van der Waals surface area contributed by atoms with Crippen molar-refractivity contribution in [3.63, 3.8) is 0 Å². The molecule has 0 unspecified atom stereocenters. The summed E-state index contributed by atoms with van der Waals surface area (Å²) in [6.07, 6.45) is 2.43. The van der Waals surface area contributed by atoms with Gasteiger partial charge in [-0.15, -0.1) is 0 Å². The summed E-state index contributed by atoms with van der Waals surface area (Å²) in [5.74, 6) is -2.63. The van der Waals surface area contributed by atoms with Gasteiger partial charge in [-0.25, -0.2) is 8.78 Å². The summed E-state index contributed by atoms with van der Waals surface area (Å²) in [7, 11) is 0. The minimum Gasteiger partial charge on any atom is -0.481 e. The van der Waals surface area contributed by atoms with Gasteiger partial charge in [0, 0.05) is 24.7 Å². The predicted octanol–water partition coefficient (Wildman–Crippen LogP) is 3.10. The van der Waals surface area contributed by atoms with E-state index in [1.165, 1.54) is 17.0 Å². The highest BCUT2D eigenvalue weighted by Gasteiger charge is 2.46. The SMILES string of the molecule is CCN(CCC(=O)O)C(=O)C1(c2ccc(F)cc2F)CCCC1. The molecule has 1 aliphatic rings. The molecule has 0 aliphatic heterocycles. The summed E-state index contributed by atoms with van der Waals surface area (Å²) in [4.78, 5) is 25.2. The molecule has 1 aliphatic carbocycles. The molecule has 0 saturated heterocycles. The molecule has 6 heteroatoms. The number of carbonyl (C=O) groups excluding carboxylic acids is 1. The Kier molecular flexibility index (Phi) is 5.34. The molecule has 23 heavy (non-hydrogen) atoms. The van der Waals surface area contributed by atoms with Crippen LogP contribution < -0.4 is 0 Å². The van der Waals surface area contributed by atoms with Gasteiger partial charge in [0.1, 0.15) is 11.6 Å². The average Bonchev–Trinajstić information content (AvgIpc) is 2.97. The van der Waals surface area contributed by atoms with E-state index in [0.29, 0.717) is 19.4 Å². The van der Waals surface area contributed by atoms with E-state index >= 15 is 0 Å². The van der Waals surface area contributed by atoms with Crippen molar-refractivity contribution in [1.82, 2.24) is 4.90 Å². The Morgan fingerprint density at radius 2 is 1.91 bits per heavy atom. The molecule has 1 aromatic carbocycles. The minimum atomic E-state index is -1.01. The van der Waals surface area contributed by atoms with Crippen LogP contribution in [0.25, 0.3) is 0 Å². The molecule has 1 amide bonds. The summed E-state index contributed by atoms with van der Waals surface area (Å²) in [6, 6.07) is 3.31. The van der Waals surface area contributed by atoms with Gasteiger partial charge in [0.05, 0.1) is 11.8 Å². The van der Waals surface area contributed by atoms with Gasteiger partial charge in [0.15, 0.2) is 0 Å². The van der Waals surface area contributed by atoms with Crippen molar-refractivity contribution in [3.8, 4) is 0 Å². The lowest BCUT2D eigenvalue weighted by molar-refractivity contribution is -0.140. The van der Waals surface area contributed by atoms with Crippen molar-refractivity contribution in [2.75, 3.05) is 13.1 Å². The fourth-order valence-electron chi connectivity index (χ4n) is 3.39. The number of carboxylic acid groups (broad SMARTS) is 1. The standard InChI is InChI=1S/C17H21F2NO3/c1-2-20(10-7-15(21)22)16(23)17(8-3-4-9-17)13-6-5-12(18)11-14(13)19/h5-6,11H,2-4,7-10H2,1H3,(H,21,22). The normalized spacial score (nSPS) is 16.3. The monoisotopic (exact) mass is 325 g/mol. The number of carbonyl (C=O) groups is 2. The lowest BCUT2D eigenvalue weighted by Gasteiger charge is -2.34. The Hall–Kier alpha value is -1.98. The van der Waals surface area contributed by atoms with Crippen LogP contribution in [0.1, 0.15) is 44.6 Å². The van der Waals surface area contributed by atoms with Crippen LogP contribution in [0.4, 0.5) is 8.78 Å². The molecule has 1 fully saturated rings. The summed E-state index contributed by atoms with van der Waals surface area (Å²) in [5, 5.41) is 8.82. The first-order valence-corrected chi connectivity index (χ1v) is 7.87. The Morgan fingerprint density at radius 3 is 2.43 bits per heavy atom. The first-order chi connectivity index (χ1) is 10.9. The Labute approximate surface area is 134 Å². The van der Waals surface area contributed by atoms with Gasteiger partial charge >= 0.3 is 5.97 Å². The molecule has 0 heterocycles. The number of halogens is 2. The number of hydrogen-bond acceptors (Lipinski definition) is 2. The number of rotatable bonds is 6. The lowest BCUT2D eigenvalue weighted by atomic mass is 9.77. The second-order valence-corrected chi connectivity index (χ2v) is 5.94. The Morgan fingerprint density at radius 1 is 1.26 bits per heavy atom. The van der Waals surface area contributed by atoms with Crippen LogP contribution in [0.2, 0.25) is 0 Å². The number of nitrogens with zero attached hydrogens (tertiary/aromatic N) is 1. The number of likely N-dealkylation sites (N-methyl/N-ethyl adjacent to an activating group) is 1. The third-order valence-electron chi connectivity index (χ3n) is 4.58. The minimum absolute atomic E-state index is 0.0925. The van der Waals surface area contributed by atoms with Gasteiger partial charge in [-0.2, -0.15) is 0 Å². The second-order valence-electron chi connectivity index (χ2n) is 5.94. The average molecular weight is 325 g/mol. The van der Waals surface area contributed by atoms with E-state index in [-0.39, 0.29) is 24.4 Å². The molecule has 0 bridgehead atoms. The lowest BCUT2D eigenvalue weighted by Crippen LogP contribution is -2.46. The van der Waals surface area contributed by atoms with Gasteiger partial charge in [0.2, 0.25) is 5.91 Å². The Balaban J connectivity index is 2.35. The first-order valence-electron chi connectivity index (χ1n) is 7.87. The van der Waals surface area contributed by atoms with Crippen molar-refractivity contribution in [3.05, 3.63) is 35.4 Å². The molecule has 126 valence electrons. The maximum atomic E-state index is 14.3. The zero-order valence-electron chi connectivity index (χ0n) is 13.1. The van der Waals surface area contributed by atoms with E-state index < -0.39 is 23.0 Å². The summed E-state index contributed by atoms with van der Waals surface area (Å²) in [6.45, 7) is 2.22. The quantitative estimate of drug-likeness (QED) is 0.874. The van der Waals surface area contributed by atoms with Gasteiger partial charge in [-0.3, -0.25) is 9.59 Å². The third kappa shape index (κ3) is 3.51. The smallest absolute Gasteiger partial charge is 0.305 e. The fraction of sp³-hybridized carbons (Fsp3) is 0.529. The fourth-order valence-corrected chi connectivity index (χ4v) is 3.39. The van der Waals surface area contributed by atoms with Crippen molar-refractivity contribution < 1.29 is 23.5 Å². The van der Waals surface area contributed by atoms with E-state index in [1.54, 1.807) is 6.92 Å². The van der Waals surface area contributed by atoms with E-state index in [1.807, 2.05) is 0 Å². The molecule has 0 radical (unpaired) electrons. The molecular weight excluding hydrogens is 304 g/mol. The number of aliphatic carboxylic acids is 1. The number of amides is 1. The number of carboxylic acids is 1. The van der Waals surface area contributed by atoms with Crippen LogP contribution in [0, 0.1) is 11.6 Å². The van der Waals surface area contributed by atoms with Crippen molar-refractivity contribution in [1.29, 1.82) is 0 Å². The molecule has 2 rings (SSSR count). The Bertz CT molecular complexity index is 598. The molecule has 4 nitrogen and oxygen atoms in total. The van der Waals surface area contributed by atoms with Crippen LogP contribution in [-0.4, -0.2) is 35.0 Å². The van der Waals surface area contributed by atoms with Crippen LogP contribution in [0.3, 0.4) is 0 Å². The van der Waals surface area contributed by atoms with E-state index in [0.717, 1.165) is 18.9 Å². The van der Waals surface area contributed by atoms with Crippen LogP contribution in [0.15, 0.2) is 18.2 Å². The maximum Gasteiger partial charge on any atom is 0.305 e. The molecule has 1 N–H and O–H groups in total. The highest BCUT2D eigenvalue weighted by molar-refractivity contribution is 5.89. The topological polar surface area (TPSA) is 57.6 Å². The second kappa shape index (κ2) is 7.06. The molecule has 1 aromatic rings. The summed E-state index contributed by atoms with van der Waals surface area (Å²) in [5.41, 5.74) is -0.790. The number of hydrogen-bond donors (Lipinski definition) is 1. The largest absolute Gasteiger partial charge is 0.481 e. The molecule has 0 atom stereocenters. The van der Waals surface area contributed by atoms with E-state index in [4.69, 9.17) is 5.11 Å². The molecule has 0 spiro atoms. The van der Waals surface area contributed by atoms with Gasteiger partial charge in [-0.1, -0.05) is 18.9 Å². The van der Waals surface area contributed by atoms with Crippen molar-refractivity contribution in [2.24, 2.45) is 0 Å². The molecule has 1 saturated carbocycles. The van der Waals surface area contributed by atoms with Crippen LogP contribution in [0.5, 0.6) is 0 Å². The van der Waals surface area contributed by atoms with E-state index in [2.05, 4.69) is 0 Å². The van der Waals surface area contributed by atoms with Crippen LogP contribution >= 0.6 is 0 Å². The summed E-state index contributed by atoms with van der Waals surface area (Å²) < 4.78 is 27.5. The van der Waals surface area contributed by atoms with Gasteiger partial charge in [-0.05, 0) is 25.8 Å².